The van der Waals surface area contributed by atoms with Crippen molar-refractivity contribution in [2.45, 2.75) is 0 Å². The summed E-state index contributed by atoms with van der Waals surface area (Å²) in [7, 11) is 0. The molecule has 0 fully saturated rings. The molecule has 0 aliphatic carbocycles. The van der Waals surface area contributed by atoms with Gasteiger partial charge in [0, 0.05) is 32.8 Å². The van der Waals surface area contributed by atoms with Gasteiger partial charge in [0.05, 0.1) is 22.1 Å². The summed E-state index contributed by atoms with van der Waals surface area (Å²) in [5, 5.41) is 18.1. The average Bonchev–Trinajstić information content (AvgIpc) is 3.91. The molecule has 314 valence electrons. The van der Waals surface area contributed by atoms with Gasteiger partial charge >= 0.3 is 0 Å². The first-order valence-corrected chi connectivity index (χ1v) is 23.1. The predicted octanol–water partition coefficient (Wildman–Crippen LogP) is 16.8. The second-order valence-corrected chi connectivity index (χ2v) is 17.9. The van der Waals surface area contributed by atoms with Gasteiger partial charge in [-0.25, -0.2) is 15.0 Å². The molecular weight excluding hydrogens is 829 g/mol. The molecule has 5 nitrogen and oxygen atoms in total. The smallest absolute Gasteiger partial charge is 0.166 e. The van der Waals surface area contributed by atoms with E-state index in [0.29, 0.717) is 17.5 Å². The molecule has 0 aliphatic rings. The molecule has 0 amide bonds. The van der Waals surface area contributed by atoms with E-state index in [2.05, 4.69) is 223 Å². The predicted molar refractivity (Wildman–Crippen MR) is 283 cm³/mol. The topological polar surface area (TPSA) is 56.7 Å². The molecule has 0 saturated carbocycles. The molecule has 15 aromatic rings. The van der Waals surface area contributed by atoms with Crippen LogP contribution < -0.4 is 0 Å². The minimum Gasteiger partial charge on any atom is -0.456 e. The minimum atomic E-state index is 0.568. The zero-order valence-corrected chi connectivity index (χ0v) is 36.5. The summed E-state index contributed by atoms with van der Waals surface area (Å²) >= 11 is 0. The largest absolute Gasteiger partial charge is 0.456 e. The van der Waals surface area contributed by atoms with Crippen molar-refractivity contribution in [2.24, 2.45) is 0 Å². The maximum absolute atomic E-state index is 6.91. The molecule has 3 aromatic heterocycles. The van der Waals surface area contributed by atoms with Gasteiger partial charge in [-0.1, -0.05) is 164 Å². The number of benzene rings is 12. The number of hydrogen-bond acceptors (Lipinski definition) is 4. The summed E-state index contributed by atoms with van der Waals surface area (Å²) in [6.07, 6.45) is 0. The highest BCUT2D eigenvalue weighted by atomic mass is 16.3. The molecular formula is C63H36N4O. The molecule has 5 heteroatoms. The molecule has 0 bridgehead atoms. The molecule has 0 radical (unpaired) electrons. The summed E-state index contributed by atoms with van der Waals surface area (Å²) < 4.78 is 9.37. The van der Waals surface area contributed by atoms with Crippen molar-refractivity contribution in [1.82, 2.24) is 19.5 Å². The van der Waals surface area contributed by atoms with Crippen LogP contribution in [-0.4, -0.2) is 19.5 Å². The van der Waals surface area contributed by atoms with Gasteiger partial charge in [-0.3, -0.25) is 0 Å². The van der Waals surface area contributed by atoms with Crippen molar-refractivity contribution in [3.63, 3.8) is 0 Å². The zero-order valence-electron chi connectivity index (χ0n) is 36.5. The highest BCUT2D eigenvalue weighted by Crippen LogP contribution is 2.46. The van der Waals surface area contributed by atoms with E-state index in [1.165, 1.54) is 26.9 Å². The van der Waals surface area contributed by atoms with E-state index in [1.54, 1.807) is 0 Å². The third kappa shape index (κ3) is 5.47. The number of rotatable bonds is 4. The molecule has 0 unspecified atom stereocenters. The lowest BCUT2D eigenvalue weighted by atomic mass is 9.96. The van der Waals surface area contributed by atoms with Crippen LogP contribution >= 0.6 is 0 Å². The summed E-state index contributed by atoms with van der Waals surface area (Å²) in [5.74, 6) is 1.78. The fraction of sp³-hybridized carbons (Fsp3) is 0. The van der Waals surface area contributed by atoms with Gasteiger partial charge in [0.15, 0.2) is 17.5 Å². The molecule has 0 saturated heterocycles. The zero-order chi connectivity index (χ0) is 44.5. The standard InChI is InChI=1S/C63H36N4O/c1-4-18-41-34-55-51(30-38(41)15-1)52-31-39-16-2-5-19-42(39)35-56(52)67(55)60-50(28-29-57-59(60)54-32-40-17-3-6-20-43(40)36-58(54)68-57)62-64-61(49-27-13-22-37-14-7-9-23-45(37)49)65-63(66-62)53-33-44-21-8-10-24-46(44)47-25-11-12-26-48(47)53/h1-36H. The Morgan fingerprint density at radius 2 is 0.750 bits per heavy atom. The summed E-state index contributed by atoms with van der Waals surface area (Å²) in [4.78, 5) is 16.7. The number of nitrogens with zero attached hydrogens (tertiary/aromatic N) is 4. The quantitative estimate of drug-likeness (QED) is 0.165. The number of fused-ring (bicyclic) bond motifs is 13. The van der Waals surface area contributed by atoms with Gasteiger partial charge < -0.3 is 8.98 Å². The van der Waals surface area contributed by atoms with Crippen LogP contribution in [0.5, 0.6) is 0 Å². The molecule has 12 aromatic carbocycles. The Hall–Kier alpha value is -9.19. The van der Waals surface area contributed by atoms with E-state index in [0.717, 1.165) is 104 Å². The molecule has 15 rings (SSSR count). The third-order valence-corrected chi connectivity index (χ3v) is 14.1. The molecule has 0 atom stereocenters. The lowest BCUT2D eigenvalue weighted by Gasteiger charge is -2.17. The van der Waals surface area contributed by atoms with Gasteiger partial charge in [0.2, 0.25) is 0 Å². The van der Waals surface area contributed by atoms with Crippen LogP contribution in [0.15, 0.2) is 223 Å². The van der Waals surface area contributed by atoms with Gasteiger partial charge in [0.1, 0.15) is 11.2 Å². The molecule has 68 heavy (non-hydrogen) atoms. The van der Waals surface area contributed by atoms with Crippen LogP contribution in [0.2, 0.25) is 0 Å². The van der Waals surface area contributed by atoms with Crippen LogP contribution in [0, 0.1) is 0 Å². The Labute approximate surface area is 388 Å². The monoisotopic (exact) mass is 864 g/mol. The number of aromatic nitrogens is 4. The second kappa shape index (κ2) is 14.2. The van der Waals surface area contributed by atoms with E-state index in [4.69, 9.17) is 19.4 Å². The second-order valence-electron chi connectivity index (χ2n) is 17.9. The van der Waals surface area contributed by atoms with Gasteiger partial charge in [-0.15, -0.1) is 0 Å². The Kier molecular flexibility index (Phi) is 7.72. The fourth-order valence-corrected chi connectivity index (χ4v) is 11.0. The highest BCUT2D eigenvalue weighted by Gasteiger charge is 2.26. The highest BCUT2D eigenvalue weighted by molar-refractivity contribution is 6.21. The maximum Gasteiger partial charge on any atom is 0.166 e. The summed E-state index contributed by atoms with van der Waals surface area (Å²) in [5.41, 5.74) is 7.48. The van der Waals surface area contributed by atoms with Crippen molar-refractivity contribution in [3.8, 4) is 39.9 Å². The fourth-order valence-electron chi connectivity index (χ4n) is 11.0. The van der Waals surface area contributed by atoms with Crippen LogP contribution in [0.1, 0.15) is 0 Å². The van der Waals surface area contributed by atoms with Crippen molar-refractivity contribution in [1.29, 1.82) is 0 Å². The van der Waals surface area contributed by atoms with E-state index < -0.39 is 0 Å². The van der Waals surface area contributed by atoms with Gasteiger partial charge in [-0.2, -0.15) is 0 Å². The first kappa shape index (κ1) is 37.1. The van der Waals surface area contributed by atoms with Crippen LogP contribution in [0.4, 0.5) is 0 Å². The molecule has 0 spiro atoms. The molecule has 0 aliphatic heterocycles. The van der Waals surface area contributed by atoms with Crippen molar-refractivity contribution >= 4 is 108 Å². The number of furan rings is 1. The summed E-state index contributed by atoms with van der Waals surface area (Å²) in [6.45, 7) is 0. The SMILES string of the molecule is c1ccc2cc3c(cc2c1)oc1ccc(-c2nc(-c4cccc5ccccc45)nc(-c4cc5ccccc5c5ccccc45)n2)c(-n2c4cc5ccccc5cc4c4cc5ccccc5cc42)c13. The van der Waals surface area contributed by atoms with Crippen LogP contribution in [0.25, 0.3) is 148 Å². The Morgan fingerprint density at radius 3 is 1.40 bits per heavy atom. The van der Waals surface area contributed by atoms with Crippen molar-refractivity contribution in [3.05, 3.63) is 218 Å². The Bertz CT molecular complexity index is 4540. The Morgan fingerprint density at radius 1 is 0.279 bits per heavy atom. The lowest BCUT2D eigenvalue weighted by molar-refractivity contribution is 0.669. The average molecular weight is 865 g/mol. The lowest BCUT2D eigenvalue weighted by Crippen LogP contribution is -2.04. The van der Waals surface area contributed by atoms with E-state index in [1.807, 2.05) is 0 Å². The van der Waals surface area contributed by atoms with Gasteiger partial charge in [0.25, 0.3) is 0 Å². The Balaban J connectivity index is 1.13. The van der Waals surface area contributed by atoms with Gasteiger partial charge in [-0.05, 0) is 119 Å². The molecule has 0 N–H and O–H groups in total. The molecule has 3 heterocycles. The van der Waals surface area contributed by atoms with E-state index in [9.17, 15) is 0 Å². The van der Waals surface area contributed by atoms with E-state index >= 15 is 0 Å². The minimum absolute atomic E-state index is 0.568. The van der Waals surface area contributed by atoms with E-state index in [-0.39, 0.29) is 0 Å². The summed E-state index contributed by atoms with van der Waals surface area (Å²) in [6, 6.07) is 78.2. The maximum atomic E-state index is 6.91. The van der Waals surface area contributed by atoms with Crippen molar-refractivity contribution in [2.75, 3.05) is 0 Å². The third-order valence-electron chi connectivity index (χ3n) is 14.1. The van der Waals surface area contributed by atoms with Crippen molar-refractivity contribution < 1.29 is 4.42 Å². The number of hydrogen-bond donors (Lipinski definition) is 0. The van der Waals surface area contributed by atoms with Crippen LogP contribution in [-0.2, 0) is 0 Å². The van der Waals surface area contributed by atoms with Crippen LogP contribution in [0.3, 0.4) is 0 Å². The first-order chi connectivity index (χ1) is 33.7. The first-order valence-electron chi connectivity index (χ1n) is 23.1. The normalized spacial score (nSPS) is 12.1.